The van der Waals surface area contributed by atoms with Crippen LogP contribution in [0.25, 0.3) is 0 Å². The van der Waals surface area contributed by atoms with Gasteiger partial charge in [-0.05, 0) is 25.7 Å². The lowest BCUT2D eigenvalue weighted by molar-refractivity contribution is -0.137. The predicted molar refractivity (Wildman–Crippen MR) is 79.7 cm³/mol. The molecule has 0 radical (unpaired) electrons. The van der Waals surface area contributed by atoms with E-state index in [0.29, 0.717) is 11.9 Å². The van der Waals surface area contributed by atoms with E-state index in [4.69, 9.17) is 0 Å². The molecule has 0 atom stereocenters. The summed E-state index contributed by atoms with van der Waals surface area (Å²) in [5.41, 5.74) is 0. The minimum Gasteiger partial charge on any atom is -0.343 e. The fourth-order valence-electron chi connectivity index (χ4n) is 2.75. The Labute approximate surface area is 114 Å². The van der Waals surface area contributed by atoms with Crippen molar-refractivity contribution in [2.75, 3.05) is 7.05 Å². The first-order valence-electron chi connectivity index (χ1n) is 7.88. The second-order valence-electron chi connectivity index (χ2n) is 5.45. The molecule has 0 aliphatic rings. The van der Waals surface area contributed by atoms with Gasteiger partial charge >= 0.3 is 0 Å². The van der Waals surface area contributed by atoms with Crippen molar-refractivity contribution in [3.8, 4) is 0 Å². The van der Waals surface area contributed by atoms with Crippen LogP contribution in [0.3, 0.4) is 0 Å². The molecule has 0 heterocycles. The van der Waals surface area contributed by atoms with E-state index < -0.39 is 0 Å². The van der Waals surface area contributed by atoms with E-state index in [2.05, 4.69) is 27.7 Å². The highest BCUT2D eigenvalue weighted by Crippen LogP contribution is 2.20. The Morgan fingerprint density at radius 1 is 0.833 bits per heavy atom. The van der Waals surface area contributed by atoms with Crippen LogP contribution in [-0.2, 0) is 4.79 Å². The maximum Gasteiger partial charge on any atom is 0.225 e. The molecule has 0 aromatic heterocycles. The fourth-order valence-corrected chi connectivity index (χ4v) is 2.75. The van der Waals surface area contributed by atoms with E-state index in [1.54, 1.807) is 0 Å². The molecule has 0 fully saturated rings. The van der Waals surface area contributed by atoms with Gasteiger partial charge in [0.1, 0.15) is 0 Å². The van der Waals surface area contributed by atoms with Crippen LogP contribution in [0.1, 0.15) is 79.1 Å². The number of hydrogen-bond donors (Lipinski definition) is 0. The number of nitrogens with zero attached hydrogens (tertiary/aromatic N) is 1. The van der Waals surface area contributed by atoms with Crippen molar-refractivity contribution in [3.63, 3.8) is 0 Å². The summed E-state index contributed by atoms with van der Waals surface area (Å²) in [7, 11) is 2.01. The van der Waals surface area contributed by atoms with E-state index in [-0.39, 0.29) is 5.92 Å². The van der Waals surface area contributed by atoms with Gasteiger partial charge in [0.25, 0.3) is 0 Å². The van der Waals surface area contributed by atoms with Crippen LogP contribution in [0.15, 0.2) is 0 Å². The fraction of sp³-hybridized carbons (Fsp3) is 0.938. The summed E-state index contributed by atoms with van der Waals surface area (Å²) in [6, 6.07) is 0.448. The largest absolute Gasteiger partial charge is 0.343 e. The summed E-state index contributed by atoms with van der Waals surface area (Å²) in [6.45, 7) is 8.75. The van der Waals surface area contributed by atoms with Crippen molar-refractivity contribution in [1.29, 1.82) is 0 Å². The molecule has 108 valence electrons. The van der Waals surface area contributed by atoms with Crippen LogP contribution in [-0.4, -0.2) is 23.9 Å². The van der Waals surface area contributed by atoms with Gasteiger partial charge in [-0.3, -0.25) is 4.79 Å². The van der Waals surface area contributed by atoms with Crippen LogP contribution < -0.4 is 0 Å². The lowest BCUT2D eigenvalue weighted by Crippen LogP contribution is -2.40. The zero-order valence-electron chi connectivity index (χ0n) is 13.2. The highest BCUT2D eigenvalue weighted by molar-refractivity contribution is 5.78. The van der Waals surface area contributed by atoms with Gasteiger partial charge in [-0.1, -0.05) is 53.4 Å². The zero-order valence-corrected chi connectivity index (χ0v) is 13.2. The molecule has 0 aromatic carbocycles. The molecule has 0 N–H and O–H groups in total. The van der Waals surface area contributed by atoms with Gasteiger partial charge in [-0.15, -0.1) is 0 Å². The third-order valence-corrected chi connectivity index (χ3v) is 3.76. The first-order valence-corrected chi connectivity index (χ1v) is 7.88. The normalized spacial score (nSPS) is 11.3. The molecule has 0 aliphatic heterocycles. The number of rotatable bonds is 10. The minimum absolute atomic E-state index is 0.251. The maximum absolute atomic E-state index is 12.5. The Hall–Kier alpha value is -0.530. The summed E-state index contributed by atoms with van der Waals surface area (Å²) in [4.78, 5) is 14.6. The SMILES string of the molecule is CCCC(CCC)C(=O)N(C)C(CCC)CCC. The second kappa shape index (κ2) is 10.4. The highest BCUT2D eigenvalue weighted by atomic mass is 16.2. The lowest BCUT2D eigenvalue weighted by atomic mass is 9.95. The Morgan fingerprint density at radius 2 is 1.22 bits per heavy atom. The van der Waals surface area contributed by atoms with E-state index in [1.165, 1.54) is 0 Å². The minimum atomic E-state index is 0.251. The third kappa shape index (κ3) is 5.88. The summed E-state index contributed by atoms with van der Waals surface area (Å²) in [6.07, 6.45) is 8.90. The zero-order chi connectivity index (χ0) is 14.0. The van der Waals surface area contributed by atoms with Crippen molar-refractivity contribution < 1.29 is 4.79 Å². The van der Waals surface area contributed by atoms with Crippen molar-refractivity contribution >= 4 is 5.91 Å². The number of hydrogen-bond acceptors (Lipinski definition) is 1. The van der Waals surface area contributed by atoms with Gasteiger partial charge in [0, 0.05) is 19.0 Å². The smallest absolute Gasteiger partial charge is 0.225 e. The Kier molecular flexibility index (Phi) is 10.1. The topological polar surface area (TPSA) is 20.3 Å². The van der Waals surface area contributed by atoms with Crippen LogP contribution >= 0.6 is 0 Å². The Bertz CT molecular complexity index is 203. The summed E-state index contributed by atoms with van der Waals surface area (Å²) >= 11 is 0. The van der Waals surface area contributed by atoms with Crippen molar-refractivity contribution in [2.45, 2.75) is 85.1 Å². The quantitative estimate of drug-likeness (QED) is 0.557. The molecule has 18 heavy (non-hydrogen) atoms. The molecular formula is C16H33NO. The van der Waals surface area contributed by atoms with E-state index in [9.17, 15) is 4.79 Å². The highest BCUT2D eigenvalue weighted by Gasteiger charge is 2.24. The number of carbonyl (C=O) groups is 1. The van der Waals surface area contributed by atoms with Crippen molar-refractivity contribution in [1.82, 2.24) is 4.90 Å². The van der Waals surface area contributed by atoms with Crippen molar-refractivity contribution in [3.05, 3.63) is 0 Å². The molecule has 0 aliphatic carbocycles. The number of carbonyl (C=O) groups excluding carboxylic acids is 1. The second-order valence-corrected chi connectivity index (χ2v) is 5.45. The average molecular weight is 255 g/mol. The molecule has 2 heteroatoms. The number of amides is 1. The van der Waals surface area contributed by atoms with Gasteiger partial charge in [0.05, 0.1) is 0 Å². The third-order valence-electron chi connectivity index (χ3n) is 3.76. The van der Waals surface area contributed by atoms with Gasteiger partial charge in [0.2, 0.25) is 5.91 Å². The molecule has 0 saturated carbocycles. The van der Waals surface area contributed by atoms with Gasteiger partial charge in [0.15, 0.2) is 0 Å². The summed E-state index contributed by atoms with van der Waals surface area (Å²) in [5, 5.41) is 0. The summed E-state index contributed by atoms with van der Waals surface area (Å²) in [5.74, 6) is 0.631. The first kappa shape index (κ1) is 17.5. The molecule has 0 bridgehead atoms. The van der Waals surface area contributed by atoms with Crippen LogP contribution in [0.2, 0.25) is 0 Å². The molecule has 0 aromatic rings. The molecule has 0 unspecified atom stereocenters. The monoisotopic (exact) mass is 255 g/mol. The van der Waals surface area contributed by atoms with Crippen LogP contribution in [0.5, 0.6) is 0 Å². The maximum atomic E-state index is 12.5. The van der Waals surface area contributed by atoms with Gasteiger partial charge < -0.3 is 4.90 Å². The van der Waals surface area contributed by atoms with E-state index in [0.717, 1.165) is 51.4 Å². The molecule has 0 saturated heterocycles. The van der Waals surface area contributed by atoms with Gasteiger partial charge in [-0.25, -0.2) is 0 Å². The average Bonchev–Trinajstić information content (AvgIpc) is 2.36. The van der Waals surface area contributed by atoms with Crippen LogP contribution in [0.4, 0.5) is 0 Å². The molecule has 2 nitrogen and oxygen atoms in total. The Morgan fingerprint density at radius 3 is 1.56 bits per heavy atom. The predicted octanol–water partition coefficient (Wildman–Crippen LogP) is 4.63. The molecule has 0 spiro atoms. The van der Waals surface area contributed by atoms with E-state index >= 15 is 0 Å². The van der Waals surface area contributed by atoms with Gasteiger partial charge in [-0.2, -0.15) is 0 Å². The Balaban J connectivity index is 4.57. The van der Waals surface area contributed by atoms with Crippen molar-refractivity contribution in [2.24, 2.45) is 5.92 Å². The molecule has 1 amide bonds. The molecule has 0 rings (SSSR count). The van der Waals surface area contributed by atoms with E-state index in [1.807, 2.05) is 11.9 Å². The molecular weight excluding hydrogens is 222 g/mol. The standard InChI is InChI=1S/C16H33NO/c1-6-10-14(11-7-2)16(18)17(5)15(12-8-3)13-9-4/h14-15H,6-13H2,1-5H3. The lowest BCUT2D eigenvalue weighted by Gasteiger charge is -2.31. The summed E-state index contributed by atoms with van der Waals surface area (Å²) < 4.78 is 0. The van der Waals surface area contributed by atoms with Crippen LogP contribution in [0, 0.1) is 5.92 Å². The first-order chi connectivity index (χ1) is 8.62.